The third-order valence-corrected chi connectivity index (χ3v) is 7.55. The number of ketones is 1. The van der Waals surface area contributed by atoms with Crippen molar-refractivity contribution < 1.29 is 4.79 Å². The molecule has 25 heavy (non-hydrogen) atoms. The molecule has 0 amide bonds. The molecular formula is C22H29NOS. The molecule has 2 nitrogen and oxygen atoms in total. The van der Waals surface area contributed by atoms with Crippen molar-refractivity contribution in [3.05, 3.63) is 41.5 Å². The monoisotopic (exact) mass is 355 g/mol. The van der Waals surface area contributed by atoms with Gasteiger partial charge in [-0.2, -0.15) is 11.8 Å². The van der Waals surface area contributed by atoms with Crippen LogP contribution >= 0.6 is 11.8 Å². The third-order valence-electron chi connectivity index (χ3n) is 6.50. The van der Waals surface area contributed by atoms with Gasteiger partial charge in [-0.25, -0.2) is 0 Å². The van der Waals surface area contributed by atoms with E-state index in [0.717, 1.165) is 37.4 Å². The number of thioether (sulfide) groups is 1. The van der Waals surface area contributed by atoms with Crippen LogP contribution in [0.4, 0.5) is 0 Å². The number of benzene rings is 1. The molecule has 4 rings (SSSR count). The fourth-order valence-electron chi connectivity index (χ4n) is 4.86. The molecule has 0 aromatic heterocycles. The SMILES string of the molecule is CC(=O)C1=CC2(CCN(CCC3CCSCC3)CC2)c2ccccc21. The van der Waals surface area contributed by atoms with Crippen LogP contribution < -0.4 is 0 Å². The Morgan fingerprint density at radius 3 is 2.64 bits per heavy atom. The molecule has 0 N–H and O–H groups in total. The smallest absolute Gasteiger partial charge is 0.160 e. The summed E-state index contributed by atoms with van der Waals surface area (Å²) in [5.74, 6) is 3.89. The molecule has 1 aromatic carbocycles. The minimum atomic E-state index is 0.107. The van der Waals surface area contributed by atoms with E-state index in [4.69, 9.17) is 0 Å². The Kier molecular flexibility index (Phi) is 5.06. The van der Waals surface area contributed by atoms with Gasteiger partial charge in [-0.3, -0.25) is 4.79 Å². The van der Waals surface area contributed by atoms with Gasteiger partial charge >= 0.3 is 0 Å². The predicted octanol–water partition coefficient (Wildman–Crippen LogP) is 4.54. The first-order valence-corrected chi connectivity index (χ1v) is 11.0. The zero-order chi connectivity index (χ0) is 17.3. The second-order valence-corrected chi connectivity index (χ2v) is 9.23. The van der Waals surface area contributed by atoms with Gasteiger partial charge in [0.2, 0.25) is 0 Å². The van der Waals surface area contributed by atoms with Crippen molar-refractivity contribution in [2.75, 3.05) is 31.1 Å². The maximum absolute atomic E-state index is 12.1. The number of allylic oxidation sites excluding steroid dienone is 2. The number of hydrogen-bond donors (Lipinski definition) is 0. The molecule has 1 spiro atoms. The molecular weight excluding hydrogens is 326 g/mol. The van der Waals surface area contributed by atoms with Gasteiger partial charge in [-0.05, 0) is 87.2 Å². The number of hydrogen-bond acceptors (Lipinski definition) is 3. The van der Waals surface area contributed by atoms with Crippen molar-refractivity contribution in [2.24, 2.45) is 5.92 Å². The lowest BCUT2D eigenvalue weighted by atomic mass is 9.74. The molecule has 0 radical (unpaired) electrons. The first kappa shape index (κ1) is 17.4. The summed E-state index contributed by atoms with van der Waals surface area (Å²) in [7, 11) is 0. The molecule has 2 aliphatic heterocycles. The zero-order valence-corrected chi connectivity index (χ0v) is 16.1. The second kappa shape index (κ2) is 7.28. The number of carbonyl (C=O) groups is 1. The van der Waals surface area contributed by atoms with Crippen molar-refractivity contribution in [1.29, 1.82) is 0 Å². The highest BCUT2D eigenvalue weighted by molar-refractivity contribution is 7.99. The molecule has 2 heterocycles. The normalized spacial score (nSPS) is 23.5. The van der Waals surface area contributed by atoms with Crippen LogP contribution in [-0.4, -0.2) is 41.8 Å². The minimum absolute atomic E-state index is 0.107. The number of piperidine rings is 1. The highest BCUT2D eigenvalue weighted by Gasteiger charge is 2.41. The maximum atomic E-state index is 12.1. The molecule has 2 saturated heterocycles. The van der Waals surface area contributed by atoms with Gasteiger partial charge < -0.3 is 4.90 Å². The van der Waals surface area contributed by atoms with E-state index in [9.17, 15) is 4.79 Å². The summed E-state index contributed by atoms with van der Waals surface area (Å²) < 4.78 is 0. The summed E-state index contributed by atoms with van der Waals surface area (Å²) in [4.78, 5) is 14.8. The highest BCUT2D eigenvalue weighted by Crippen LogP contribution is 2.47. The Morgan fingerprint density at radius 1 is 1.20 bits per heavy atom. The topological polar surface area (TPSA) is 20.3 Å². The van der Waals surface area contributed by atoms with E-state index in [-0.39, 0.29) is 11.2 Å². The molecule has 1 aromatic rings. The van der Waals surface area contributed by atoms with Gasteiger partial charge in [0.05, 0.1) is 0 Å². The average molecular weight is 356 g/mol. The lowest BCUT2D eigenvalue weighted by Crippen LogP contribution is -2.41. The third kappa shape index (κ3) is 3.46. The summed E-state index contributed by atoms with van der Waals surface area (Å²) in [6.07, 6.45) is 8.82. The fourth-order valence-corrected chi connectivity index (χ4v) is 6.07. The standard InChI is InChI=1S/C22H29NOS/c1-17(24)20-16-22(21-5-3-2-4-19(20)21)9-12-23(13-10-22)11-6-18-7-14-25-15-8-18/h2-5,16,18H,6-15H2,1H3. The van der Waals surface area contributed by atoms with Gasteiger partial charge in [0, 0.05) is 11.0 Å². The van der Waals surface area contributed by atoms with Crippen molar-refractivity contribution in [2.45, 2.75) is 44.4 Å². The van der Waals surface area contributed by atoms with Crippen LogP contribution in [0.25, 0.3) is 5.57 Å². The van der Waals surface area contributed by atoms with E-state index in [0.29, 0.717) is 0 Å². The van der Waals surface area contributed by atoms with E-state index in [1.165, 1.54) is 48.4 Å². The largest absolute Gasteiger partial charge is 0.303 e. The Labute approximate surface area is 156 Å². The van der Waals surface area contributed by atoms with Gasteiger partial charge in [-0.1, -0.05) is 30.3 Å². The van der Waals surface area contributed by atoms with Crippen LogP contribution in [0.2, 0.25) is 0 Å². The van der Waals surface area contributed by atoms with E-state index in [2.05, 4.69) is 47.0 Å². The molecule has 1 aliphatic carbocycles. The Morgan fingerprint density at radius 2 is 1.92 bits per heavy atom. The van der Waals surface area contributed by atoms with E-state index in [1.807, 2.05) is 0 Å². The molecule has 0 unspecified atom stereocenters. The summed E-state index contributed by atoms with van der Waals surface area (Å²) in [5, 5.41) is 0. The minimum Gasteiger partial charge on any atom is -0.303 e. The predicted molar refractivity (Wildman–Crippen MR) is 107 cm³/mol. The Hall–Kier alpha value is -1.06. The van der Waals surface area contributed by atoms with Gasteiger partial charge in [0.25, 0.3) is 0 Å². The zero-order valence-electron chi connectivity index (χ0n) is 15.3. The van der Waals surface area contributed by atoms with Gasteiger partial charge in [0.1, 0.15) is 0 Å². The van der Waals surface area contributed by atoms with Crippen molar-refractivity contribution in [3.63, 3.8) is 0 Å². The maximum Gasteiger partial charge on any atom is 0.160 e. The summed E-state index contributed by atoms with van der Waals surface area (Å²) >= 11 is 2.12. The Balaban J connectivity index is 1.41. The lowest BCUT2D eigenvalue weighted by Gasteiger charge is -2.39. The van der Waals surface area contributed by atoms with Crippen LogP contribution in [0.5, 0.6) is 0 Å². The number of fused-ring (bicyclic) bond motifs is 2. The number of carbonyl (C=O) groups excluding carboxylic acids is 1. The highest BCUT2D eigenvalue weighted by atomic mass is 32.2. The van der Waals surface area contributed by atoms with Crippen LogP contribution in [0, 0.1) is 5.92 Å². The molecule has 3 aliphatic rings. The summed E-state index contributed by atoms with van der Waals surface area (Å²) in [5.41, 5.74) is 3.63. The van der Waals surface area contributed by atoms with Crippen LogP contribution in [0.15, 0.2) is 30.3 Å². The number of rotatable bonds is 4. The van der Waals surface area contributed by atoms with Crippen LogP contribution in [0.1, 0.15) is 50.2 Å². The number of Topliss-reactive ketones (excluding diaryl/α,β-unsaturated/α-hetero) is 1. The molecule has 134 valence electrons. The van der Waals surface area contributed by atoms with Crippen molar-refractivity contribution in [3.8, 4) is 0 Å². The van der Waals surface area contributed by atoms with E-state index in [1.54, 1.807) is 6.92 Å². The summed E-state index contributed by atoms with van der Waals surface area (Å²) in [6, 6.07) is 8.57. The molecule has 2 fully saturated rings. The molecule has 0 atom stereocenters. The van der Waals surface area contributed by atoms with Crippen LogP contribution in [-0.2, 0) is 10.2 Å². The summed E-state index contributed by atoms with van der Waals surface area (Å²) in [6.45, 7) is 5.30. The second-order valence-electron chi connectivity index (χ2n) is 8.00. The van der Waals surface area contributed by atoms with Gasteiger partial charge in [0.15, 0.2) is 5.78 Å². The first-order valence-electron chi connectivity index (χ1n) is 9.82. The average Bonchev–Trinajstić information content (AvgIpc) is 2.97. The van der Waals surface area contributed by atoms with Crippen molar-refractivity contribution >= 4 is 23.1 Å². The Bertz CT molecular complexity index is 666. The van der Waals surface area contributed by atoms with Crippen molar-refractivity contribution in [1.82, 2.24) is 4.90 Å². The molecule has 0 saturated carbocycles. The van der Waals surface area contributed by atoms with E-state index < -0.39 is 0 Å². The molecule has 3 heteroatoms. The van der Waals surface area contributed by atoms with Crippen LogP contribution in [0.3, 0.4) is 0 Å². The fraction of sp³-hybridized carbons (Fsp3) is 0.591. The number of likely N-dealkylation sites (tertiary alicyclic amines) is 1. The quantitative estimate of drug-likeness (QED) is 0.791. The lowest BCUT2D eigenvalue weighted by molar-refractivity contribution is -0.111. The number of nitrogens with zero attached hydrogens (tertiary/aromatic N) is 1. The van der Waals surface area contributed by atoms with E-state index >= 15 is 0 Å². The first-order chi connectivity index (χ1) is 12.2. The molecule has 0 bridgehead atoms. The van der Waals surface area contributed by atoms with Gasteiger partial charge in [-0.15, -0.1) is 0 Å².